The van der Waals surface area contributed by atoms with Gasteiger partial charge < -0.3 is 9.50 Å². The van der Waals surface area contributed by atoms with E-state index in [2.05, 4.69) is 5.32 Å². The molecule has 168 valence electrons. The summed E-state index contributed by atoms with van der Waals surface area (Å²) < 4.78 is 30.0. The summed E-state index contributed by atoms with van der Waals surface area (Å²) in [7, 11) is -4.12. The summed E-state index contributed by atoms with van der Waals surface area (Å²) in [5.74, 6) is -0.671. The van der Waals surface area contributed by atoms with Gasteiger partial charge in [0.2, 0.25) is 0 Å². The van der Waals surface area contributed by atoms with Gasteiger partial charge in [0.1, 0.15) is 16.5 Å². The average molecular weight is 501 g/mol. The van der Waals surface area contributed by atoms with E-state index in [1.165, 1.54) is 48.5 Å². The van der Waals surface area contributed by atoms with E-state index in [9.17, 15) is 18.5 Å². The van der Waals surface area contributed by atoms with Gasteiger partial charge in [0.15, 0.2) is 5.75 Å². The van der Waals surface area contributed by atoms with Crippen LogP contribution in [0, 0.1) is 25.2 Å². The fraction of sp³-hybridized carbons (Fsp3) is 0.0833. The Kier molecular flexibility index (Phi) is 7.44. The number of rotatable bonds is 6. The lowest BCUT2D eigenvalue weighted by atomic mass is 10.1. The molecule has 0 atom stereocenters. The third kappa shape index (κ3) is 5.93. The molecule has 0 aliphatic rings. The number of hydrogen-bond donors (Lipinski definition) is 1. The molecule has 6 nitrogen and oxygen atoms in total. The smallest absolute Gasteiger partial charge is 0.339 e. The quantitative estimate of drug-likeness (QED) is 0.257. The molecule has 0 radical (unpaired) electrons. The highest BCUT2D eigenvalue weighted by Gasteiger charge is 2.19. The molecule has 0 aliphatic heterocycles. The van der Waals surface area contributed by atoms with Gasteiger partial charge in [-0.15, -0.1) is 0 Å². The Morgan fingerprint density at radius 2 is 1.76 bits per heavy atom. The highest BCUT2D eigenvalue weighted by Crippen LogP contribution is 2.30. The Hall–Kier alpha value is -3.31. The van der Waals surface area contributed by atoms with Gasteiger partial charge in [-0.3, -0.25) is 4.79 Å². The van der Waals surface area contributed by atoms with Crippen molar-refractivity contribution in [1.82, 2.24) is 0 Å². The van der Waals surface area contributed by atoms with Gasteiger partial charge >= 0.3 is 10.1 Å². The fourth-order valence-electron chi connectivity index (χ4n) is 2.83. The minimum Gasteiger partial charge on any atom is -0.377 e. The van der Waals surface area contributed by atoms with E-state index in [0.717, 1.165) is 11.1 Å². The average Bonchev–Trinajstić information content (AvgIpc) is 2.77. The van der Waals surface area contributed by atoms with Crippen molar-refractivity contribution in [3.63, 3.8) is 0 Å². The molecule has 3 aromatic carbocycles. The molecule has 0 spiro atoms. The van der Waals surface area contributed by atoms with Gasteiger partial charge in [0, 0.05) is 10.7 Å². The van der Waals surface area contributed by atoms with Crippen LogP contribution in [0.3, 0.4) is 0 Å². The lowest BCUT2D eigenvalue weighted by Crippen LogP contribution is -2.14. The molecule has 0 fully saturated rings. The highest BCUT2D eigenvalue weighted by atomic mass is 35.5. The lowest BCUT2D eigenvalue weighted by Gasteiger charge is -2.10. The number of nitrogens with one attached hydrogen (secondary N) is 1. The second-order valence-electron chi connectivity index (χ2n) is 7.05. The van der Waals surface area contributed by atoms with Crippen molar-refractivity contribution < 1.29 is 17.4 Å². The third-order valence-corrected chi connectivity index (χ3v) is 6.58. The lowest BCUT2D eigenvalue weighted by molar-refractivity contribution is -0.112. The maximum Gasteiger partial charge on any atom is 0.339 e. The van der Waals surface area contributed by atoms with Crippen molar-refractivity contribution in [3.05, 3.63) is 93.0 Å². The van der Waals surface area contributed by atoms with Gasteiger partial charge in [0.05, 0.1) is 5.02 Å². The molecule has 3 aromatic rings. The predicted octanol–water partition coefficient (Wildman–Crippen LogP) is 5.92. The summed E-state index contributed by atoms with van der Waals surface area (Å²) in [5, 5.41) is 12.6. The SMILES string of the molecule is Cc1cccc(NC(=O)/C(C#N)=C/c2ccc(OS(=O)(=O)c3ccc(Cl)cc3)c(Cl)c2)c1C. The zero-order chi connectivity index (χ0) is 24.2. The third-order valence-electron chi connectivity index (χ3n) is 4.79. The van der Waals surface area contributed by atoms with Crippen molar-refractivity contribution in [3.8, 4) is 11.8 Å². The van der Waals surface area contributed by atoms with E-state index in [-0.39, 0.29) is 21.2 Å². The van der Waals surface area contributed by atoms with Crippen molar-refractivity contribution in [2.24, 2.45) is 0 Å². The number of amides is 1. The number of carbonyl (C=O) groups excluding carboxylic acids is 1. The van der Waals surface area contributed by atoms with Crippen LogP contribution < -0.4 is 9.50 Å². The first kappa shape index (κ1) is 24.3. The van der Waals surface area contributed by atoms with Crippen LogP contribution in [0.2, 0.25) is 10.0 Å². The summed E-state index contributed by atoms with van der Waals surface area (Å²) in [6.45, 7) is 3.79. The van der Waals surface area contributed by atoms with Crippen LogP contribution in [0.1, 0.15) is 16.7 Å². The Balaban J connectivity index is 1.81. The Labute approximate surface area is 202 Å². The largest absolute Gasteiger partial charge is 0.377 e. The van der Waals surface area contributed by atoms with E-state index < -0.39 is 16.0 Å². The molecule has 0 aromatic heterocycles. The van der Waals surface area contributed by atoms with Crippen molar-refractivity contribution in [2.75, 3.05) is 5.32 Å². The molecule has 0 saturated carbocycles. The highest BCUT2D eigenvalue weighted by molar-refractivity contribution is 7.87. The molecule has 3 rings (SSSR count). The number of anilines is 1. The summed E-state index contributed by atoms with van der Waals surface area (Å²) >= 11 is 12.0. The van der Waals surface area contributed by atoms with E-state index in [1.807, 2.05) is 32.0 Å². The minimum absolute atomic E-state index is 0.00600. The van der Waals surface area contributed by atoms with E-state index in [1.54, 1.807) is 6.07 Å². The van der Waals surface area contributed by atoms with Crippen molar-refractivity contribution in [1.29, 1.82) is 5.26 Å². The second-order valence-corrected chi connectivity index (χ2v) is 9.44. The molecule has 9 heteroatoms. The van der Waals surface area contributed by atoms with E-state index in [4.69, 9.17) is 27.4 Å². The summed E-state index contributed by atoms with van der Waals surface area (Å²) in [6, 6.07) is 17.1. The number of aryl methyl sites for hydroxylation is 1. The van der Waals surface area contributed by atoms with Gasteiger partial charge in [0.25, 0.3) is 5.91 Å². The molecule has 0 unspecified atom stereocenters. The van der Waals surface area contributed by atoms with Gasteiger partial charge in [-0.25, -0.2) is 0 Å². The van der Waals surface area contributed by atoms with E-state index >= 15 is 0 Å². The normalized spacial score (nSPS) is 11.5. The predicted molar refractivity (Wildman–Crippen MR) is 129 cm³/mol. The first-order valence-corrected chi connectivity index (χ1v) is 11.8. The number of hydrogen-bond acceptors (Lipinski definition) is 5. The molecular weight excluding hydrogens is 483 g/mol. The maximum atomic E-state index is 12.6. The number of nitrogens with zero attached hydrogens (tertiary/aromatic N) is 1. The van der Waals surface area contributed by atoms with Crippen molar-refractivity contribution in [2.45, 2.75) is 18.7 Å². The van der Waals surface area contributed by atoms with Gasteiger partial charge in [-0.1, -0.05) is 41.4 Å². The molecule has 1 N–H and O–H groups in total. The fourth-order valence-corrected chi connectivity index (χ4v) is 4.18. The Morgan fingerprint density at radius 3 is 2.39 bits per heavy atom. The summed E-state index contributed by atoms with van der Waals surface area (Å²) in [5.41, 5.74) is 2.79. The number of halogens is 2. The van der Waals surface area contributed by atoms with Gasteiger partial charge in [-0.05, 0) is 79.1 Å². The molecule has 0 heterocycles. The zero-order valence-corrected chi connectivity index (χ0v) is 19.9. The van der Waals surface area contributed by atoms with E-state index in [0.29, 0.717) is 16.3 Å². The first-order valence-electron chi connectivity index (χ1n) is 9.59. The zero-order valence-electron chi connectivity index (χ0n) is 17.6. The second kappa shape index (κ2) is 10.1. The maximum absolute atomic E-state index is 12.6. The summed E-state index contributed by atoms with van der Waals surface area (Å²) in [6.07, 6.45) is 1.35. The monoisotopic (exact) mass is 500 g/mol. The molecule has 0 bridgehead atoms. The van der Waals surface area contributed by atoms with Crippen LogP contribution >= 0.6 is 23.2 Å². The molecule has 1 amide bonds. The summed E-state index contributed by atoms with van der Waals surface area (Å²) in [4.78, 5) is 12.5. The Morgan fingerprint density at radius 1 is 1.06 bits per heavy atom. The number of carbonyl (C=O) groups is 1. The first-order chi connectivity index (χ1) is 15.6. The van der Waals surface area contributed by atoms with Gasteiger partial charge in [-0.2, -0.15) is 13.7 Å². The minimum atomic E-state index is -4.12. The van der Waals surface area contributed by atoms with Crippen LogP contribution in [0.4, 0.5) is 5.69 Å². The Bertz CT molecular complexity index is 1390. The number of nitriles is 1. The van der Waals surface area contributed by atoms with Crippen molar-refractivity contribution >= 4 is 51.0 Å². The van der Waals surface area contributed by atoms with Crippen LogP contribution in [-0.2, 0) is 14.9 Å². The molecular formula is C24H18Cl2N2O4S. The van der Waals surface area contributed by atoms with Crippen LogP contribution in [0.25, 0.3) is 6.08 Å². The molecule has 33 heavy (non-hydrogen) atoms. The number of benzene rings is 3. The van der Waals surface area contributed by atoms with Crippen LogP contribution in [0.15, 0.2) is 71.1 Å². The topological polar surface area (TPSA) is 96.3 Å². The van der Waals surface area contributed by atoms with Crippen LogP contribution in [0.5, 0.6) is 5.75 Å². The standard InChI is InChI=1S/C24H18Cl2N2O4S/c1-15-4-3-5-22(16(15)2)28-24(29)18(14-27)12-17-6-11-23(21(26)13-17)32-33(30,31)20-9-7-19(25)8-10-20/h3-13H,1-2H3,(H,28,29)/b18-12+. The molecule has 0 saturated heterocycles. The molecule has 0 aliphatic carbocycles. The van der Waals surface area contributed by atoms with Crippen LogP contribution in [-0.4, -0.2) is 14.3 Å².